The SMILES string of the molecule is CCN(C)c1cnc(C(C)C)nc1CO. The zero-order valence-electron chi connectivity index (χ0n) is 9.86. The molecule has 15 heavy (non-hydrogen) atoms. The second-order valence-electron chi connectivity index (χ2n) is 3.89. The van der Waals surface area contributed by atoms with Crippen LogP contribution >= 0.6 is 0 Å². The first-order valence-corrected chi connectivity index (χ1v) is 5.28. The van der Waals surface area contributed by atoms with Crippen LogP contribution in [0.2, 0.25) is 0 Å². The lowest BCUT2D eigenvalue weighted by atomic mass is 10.2. The predicted molar refractivity (Wildman–Crippen MR) is 61.0 cm³/mol. The van der Waals surface area contributed by atoms with Gasteiger partial charge in [-0.1, -0.05) is 13.8 Å². The van der Waals surface area contributed by atoms with E-state index < -0.39 is 0 Å². The topological polar surface area (TPSA) is 49.2 Å². The normalized spacial score (nSPS) is 10.8. The van der Waals surface area contributed by atoms with Crippen molar-refractivity contribution in [3.05, 3.63) is 17.7 Å². The number of hydrogen-bond acceptors (Lipinski definition) is 4. The van der Waals surface area contributed by atoms with Crippen LogP contribution in [0.1, 0.15) is 38.2 Å². The molecule has 0 fully saturated rings. The molecule has 1 N–H and O–H groups in total. The zero-order chi connectivity index (χ0) is 11.4. The Morgan fingerprint density at radius 1 is 1.47 bits per heavy atom. The lowest BCUT2D eigenvalue weighted by molar-refractivity contribution is 0.276. The van der Waals surface area contributed by atoms with Crippen molar-refractivity contribution < 1.29 is 5.11 Å². The lowest BCUT2D eigenvalue weighted by Gasteiger charge is -2.19. The van der Waals surface area contributed by atoms with Gasteiger partial charge in [-0.25, -0.2) is 9.97 Å². The van der Waals surface area contributed by atoms with Gasteiger partial charge in [0, 0.05) is 19.5 Å². The summed E-state index contributed by atoms with van der Waals surface area (Å²) in [6.07, 6.45) is 1.79. The minimum Gasteiger partial charge on any atom is -0.390 e. The maximum Gasteiger partial charge on any atom is 0.131 e. The molecule has 84 valence electrons. The van der Waals surface area contributed by atoms with Crippen LogP contribution in [0, 0.1) is 0 Å². The van der Waals surface area contributed by atoms with Crippen LogP contribution in [-0.4, -0.2) is 28.7 Å². The van der Waals surface area contributed by atoms with E-state index in [4.69, 9.17) is 0 Å². The summed E-state index contributed by atoms with van der Waals surface area (Å²) in [6, 6.07) is 0. The molecule has 0 aliphatic carbocycles. The third-order valence-corrected chi connectivity index (χ3v) is 2.42. The minimum atomic E-state index is -0.0398. The van der Waals surface area contributed by atoms with Gasteiger partial charge >= 0.3 is 0 Å². The smallest absolute Gasteiger partial charge is 0.131 e. The molecule has 0 aromatic carbocycles. The minimum absolute atomic E-state index is 0.0398. The standard InChI is InChI=1S/C11H19N3O/c1-5-14(4)10-6-12-11(8(2)3)13-9(10)7-15/h6,8,15H,5,7H2,1-4H3. The van der Waals surface area contributed by atoms with Gasteiger partial charge in [-0.15, -0.1) is 0 Å². The molecule has 0 saturated heterocycles. The molecular formula is C11H19N3O. The molecule has 4 nitrogen and oxygen atoms in total. The fourth-order valence-electron chi connectivity index (χ4n) is 1.31. The Morgan fingerprint density at radius 3 is 2.60 bits per heavy atom. The summed E-state index contributed by atoms with van der Waals surface area (Å²) in [5.74, 6) is 1.07. The van der Waals surface area contributed by atoms with Gasteiger partial charge in [0.2, 0.25) is 0 Å². The zero-order valence-corrected chi connectivity index (χ0v) is 9.86. The summed E-state index contributed by atoms with van der Waals surface area (Å²) in [4.78, 5) is 10.7. The molecule has 0 amide bonds. The quantitative estimate of drug-likeness (QED) is 0.817. The fourth-order valence-corrected chi connectivity index (χ4v) is 1.31. The number of aliphatic hydroxyl groups is 1. The molecular weight excluding hydrogens is 190 g/mol. The van der Waals surface area contributed by atoms with Gasteiger partial charge in [0.15, 0.2) is 0 Å². The molecule has 1 aromatic heterocycles. The average Bonchev–Trinajstić information content (AvgIpc) is 2.27. The van der Waals surface area contributed by atoms with Gasteiger partial charge < -0.3 is 10.0 Å². The van der Waals surface area contributed by atoms with Crippen molar-refractivity contribution in [2.45, 2.75) is 33.3 Å². The number of nitrogens with zero attached hydrogens (tertiary/aromatic N) is 3. The Balaban J connectivity index is 3.09. The van der Waals surface area contributed by atoms with Crippen molar-refractivity contribution in [1.82, 2.24) is 9.97 Å². The highest BCUT2D eigenvalue weighted by atomic mass is 16.3. The molecule has 0 atom stereocenters. The van der Waals surface area contributed by atoms with Gasteiger partial charge in [0.1, 0.15) is 5.82 Å². The third-order valence-electron chi connectivity index (χ3n) is 2.42. The van der Waals surface area contributed by atoms with Crippen molar-refractivity contribution in [2.24, 2.45) is 0 Å². The third kappa shape index (κ3) is 2.65. The molecule has 0 unspecified atom stereocenters. The van der Waals surface area contributed by atoms with E-state index in [1.54, 1.807) is 6.20 Å². The summed E-state index contributed by atoms with van der Waals surface area (Å²) in [7, 11) is 1.97. The van der Waals surface area contributed by atoms with E-state index in [9.17, 15) is 5.11 Å². The van der Waals surface area contributed by atoms with Crippen LogP contribution in [0.3, 0.4) is 0 Å². The first-order valence-electron chi connectivity index (χ1n) is 5.28. The molecule has 1 rings (SSSR count). The van der Waals surface area contributed by atoms with Crippen molar-refractivity contribution in [3.8, 4) is 0 Å². The molecule has 0 aliphatic rings. The van der Waals surface area contributed by atoms with Gasteiger partial charge in [-0.3, -0.25) is 0 Å². The number of aliphatic hydroxyl groups excluding tert-OH is 1. The molecule has 4 heteroatoms. The Hall–Kier alpha value is -1.16. The number of anilines is 1. The van der Waals surface area contributed by atoms with E-state index >= 15 is 0 Å². The predicted octanol–water partition coefficient (Wildman–Crippen LogP) is 1.55. The number of rotatable bonds is 4. The van der Waals surface area contributed by atoms with Crippen molar-refractivity contribution >= 4 is 5.69 Å². The van der Waals surface area contributed by atoms with E-state index in [1.807, 2.05) is 25.8 Å². The molecule has 0 spiro atoms. The van der Waals surface area contributed by atoms with Crippen LogP contribution in [0.15, 0.2) is 6.20 Å². The molecule has 0 bridgehead atoms. The van der Waals surface area contributed by atoms with Crippen LogP contribution in [0.5, 0.6) is 0 Å². The van der Waals surface area contributed by atoms with E-state index in [2.05, 4.69) is 16.9 Å². The molecule has 0 saturated carbocycles. The van der Waals surface area contributed by atoms with Crippen molar-refractivity contribution in [1.29, 1.82) is 0 Å². The maximum atomic E-state index is 9.25. The van der Waals surface area contributed by atoms with E-state index in [-0.39, 0.29) is 12.5 Å². The second-order valence-corrected chi connectivity index (χ2v) is 3.89. The highest BCUT2D eigenvalue weighted by Gasteiger charge is 2.11. The van der Waals surface area contributed by atoms with Crippen molar-refractivity contribution in [2.75, 3.05) is 18.5 Å². The second kappa shape index (κ2) is 5.07. The van der Waals surface area contributed by atoms with Crippen LogP contribution in [0.25, 0.3) is 0 Å². The molecule has 0 aliphatic heterocycles. The van der Waals surface area contributed by atoms with E-state index in [1.165, 1.54) is 0 Å². The molecule has 1 aromatic rings. The summed E-state index contributed by atoms with van der Waals surface area (Å²) in [5, 5.41) is 9.25. The largest absolute Gasteiger partial charge is 0.390 e. The first kappa shape index (κ1) is 11.9. The molecule has 0 radical (unpaired) electrons. The first-order chi connectivity index (χ1) is 7.10. The summed E-state index contributed by atoms with van der Waals surface area (Å²) in [6.45, 7) is 6.97. The lowest BCUT2D eigenvalue weighted by Crippen LogP contribution is -2.19. The summed E-state index contributed by atoms with van der Waals surface area (Å²) in [5.41, 5.74) is 1.61. The monoisotopic (exact) mass is 209 g/mol. The number of hydrogen-bond donors (Lipinski definition) is 1. The molecule has 1 heterocycles. The van der Waals surface area contributed by atoms with Crippen molar-refractivity contribution in [3.63, 3.8) is 0 Å². The van der Waals surface area contributed by atoms with Crippen LogP contribution in [-0.2, 0) is 6.61 Å². The van der Waals surface area contributed by atoms with Gasteiger partial charge in [-0.2, -0.15) is 0 Å². The van der Waals surface area contributed by atoms with Crippen LogP contribution < -0.4 is 4.90 Å². The Bertz CT molecular complexity index is 326. The van der Waals surface area contributed by atoms with E-state index in [0.29, 0.717) is 5.69 Å². The number of aromatic nitrogens is 2. The summed E-state index contributed by atoms with van der Waals surface area (Å²) >= 11 is 0. The van der Waals surface area contributed by atoms with Gasteiger partial charge in [0.05, 0.1) is 24.2 Å². The highest BCUT2D eigenvalue weighted by Crippen LogP contribution is 2.19. The van der Waals surface area contributed by atoms with Gasteiger partial charge in [-0.05, 0) is 6.92 Å². The Morgan fingerprint density at radius 2 is 2.13 bits per heavy atom. The maximum absolute atomic E-state index is 9.25. The Kier molecular flexibility index (Phi) is 4.03. The van der Waals surface area contributed by atoms with E-state index in [0.717, 1.165) is 18.1 Å². The average molecular weight is 209 g/mol. The fraction of sp³-hybridized carbons (Fsp3) is 0.636. The Labute approximate surface area is 91.0 Å². The summed E-state index contributed by atoms with van der Waals surface area (Å²) < 4.78 is 0. The van der Waals surface area contributed by atoms with Crippen LogP contribution in [0.4, 0.5) is 5.69 Å². The van der Waals surface area contributed by atoms with Gasteiger partial charge in [0.25, 0.3) is 0 Å². The highest BCUT2D eigenvalue weighted by molar-refractivity contribution is 5.47.